The highest BCUT2D eigenvalue weighted by molar-refractivity contribution is 7.89. The van der Waals surface area contributed by atoms with Crippen molar-refractivity contribution in [1.29, 1.82) is 0 Å². The number of hydrogen-bond donors (Lipinski definition) is 1. The minimum absolute atomic E-state index is 0.0989. The van der Waals surface area contributed by atoms with Crippen LogP contribution in [0.2, 0.25) is 0 Å². The van der Waals surface area contributed by atoms with Crippen molar-refractivity contribution in [2.24, 2.45) is 0 Å². The van der Waals surface area contributed by atoms with Crippen LogP contribution in [0.25, 0.3) is 0 Å². The first-order chi connectivity index (χ1) is 16.4. The smallest absolute Gasteiger partial charge is 0.251 e. The molecule has 192 valence electrons. The Balaban J connectivity index is 1.58. The van der Waals surface area contributed by atoms with Crippen molar-refractivity contribution in [3.8, 4) is 5.75 Å². The Morgan fingerprint density at radius 3 is 2.17 bits per heavy atom. The lowest BCUT2D eigenvalue weighted by Crippen LogP contribution is -2.47. The van der Waals surface area contributed by atoms with Crippen LogP contribution in [-0.4, -0.2) is 96.7 Å². The maximum Gasteiger partial charge on any atom is 0.251 e. The Morgan fingerprint density at radius 2 is 1.57 bits per heavy atom. The van der Waals surface area contributed by atoms with E-state index in [0.717, 1.165) is 4.31 Å². The predicted octanol–water partition coefficient (Wildman–Crippen LogP) is 0.990. The number of carbonyl (C=O) groups is 1. The molecule has 0 radical (unpaired) electrons. The Kier molecular flexibility index (Phi) is 8.54. The molecule has 1 saturated heterocycles. The fourth-order valence-electron chi connectivity index (χ4n) is 3.53. The first kappa shape index (κ1) is 27.1. The van der Waals surface area contributed by atoms with E-state index >= 15 is 0 Å². The fourth-order valence-corrected chi connectivity index (χ4v) is 5.88. The largest absolute Gasteiger partial charge is 0.492 e. The maximum absolute atomic E-state index is 13.0. The van der Waals surface area contributed by atoms with Crippen LogP contribution in [0, 0.1) is 6.92 Å². The van der Waals surface area contributed by atoms with Gasteiger partial charge in [0.25, 0.3) is 5.91 Å². The second-order valence-corrected chi connectivity index (χ2v) is 12.6. The van der Waals surface area contributed by atoms with E-state index in [9.17, 15) is 21.6 Å². The molecule has 10 nitrogen and oxygen atoms in total. The first-order valence-corrected chi connectivity index (χ1v) is 14.0. The van der Waals surface area contributed by atoms with Crippen LogP contribution in [0.15, 0.2) is 52.3 Å². The van der Waals surface area contributed by atoms with Gasteiger partial charge in [-0.05, 0) is 55.9 Å². The van der Waals surface area contributed by atoms with Gasteiger partial charge in [-0.25, -0.2) is 21.1 Å². The van der Waals surface area contributed by atoms with E-state index in [2.05, 4.69) is 10.2 Å². The van der Waals surface area contributed by atoms with E-state index < -0.39 is 26.0 Å². The summed E-state index contributed by atoms with van der Waals surface area (Å²) in [6.07, 6.45) is 0. The zero-order valence-corrected chi connectivity index (χ0v) is 22.0. The Labute approximate surface area is 207 Å². The molecule has 0 spiro atoms. The maximum atomic E-state index is 13.0. The van der Waals surface area contributed by atoms with Crippen molar-refractivity contribution in [2.75, 3.05) is 60.5 Å². The van der Waals surface area contributed by atoms with Crippen molar-refractivity contribution in [1.82, 2.24) is 18.8 Å². The van der Waals surface area contributed by atoms with Gasteiger partial charge in [-0.15, -0.1) is 0 Å². The Bertz CT molecular complexity index is 1250. The van der Waals surface area contributed by atoms with Gasteiger partial charge in [-0.1, -0.05) is 6.07 Å². The number of carbonyl (C=O) groups excluding carboxylic acids is 1. The third-order valence-corrected chi connectivity index (χ3v) is 9.54. The number of amides is 1. The minimum atomic E-state index is -3.68. The molecule has 0 aliphatic carbocycles. The van der Waals surface area contributed by atoms with Crippen LogP contribution in [0.5, 0.6) is 5.75 Å². The molecule has 1 fully saturated rings. The summed E-state index contributed by atoms with van der Waals surface area (Å²) in [6, 6.07) is 10.6. The van der Waals surface area contributed by atoms with E-state index in [4.69, 9.17) is 4.74 Å². The molecule has 3 rings (SSSR count). The van der Waals surface area contributed by atoms with Crippen LogP contribution in [0.3, 0.4) is 0 Å². The molecular weight excluding hydrogens is 492 g/mol. The van der Waals surface area contributed by atoms with E-state index in [1.165, 1.54) is 42.7 Å². The first-order valence-electron chi connectivity index (χ1n) is 11.2. The SMILES string of the molecule is Cc1ccc(S(=O)(=O)N2CCN(C)CC2)cc1C(=O)NCCOc1ccc(S(=O)(=O)N(C)C)cc1. The van der Waals surface area contributed by atoms with Crippen molar-refractivity contribution < 1.29 is 26.4 Å². The topological polar surface area (TPSA) is 116 Å². The molecule has 1 aliphatic rings. The number of hydrogen-bond acceptors (Lipinski definition) is 7. The van der Waals surface area contributed by atoms with Crippen molar-refractivity contribution in [2.45, 2.75) is 16.7 Å². The van der Waals surface area contributed by atoms with Gasteiger partial charge in [0.15, 0.2) is 0 Å². The zero-order valence-electron chi connectivity index (χ0n) is 20.4. The Hall–Kier alpha value is -2.51. The molecule has 0 aromatic heterocycles. The standard InChI is InChI=1S/C23H32N4O6S2/c1-18-5-8-21(35(31,32)27-14-12-26(4)13-15-27)17-22(18)23(28)24-11-16-33-19-6-9-20(10-7-19)34(29,30)25(2)3/h5-10,17H,11-16H2,1-4H3,(H,24,28). The van der Waals surface area contributed by atoms with Gasteiger partial charge in [0.2, 0.25) is 20.0 Å². The van der Waals surface area contributed by atoms with Gasteiger partial charge in [0, 0.05) is 45.8 Å². The molecule has 2 aromatic rings. The normalized spacial score (nSPS) is 15.8. The predicted molar refractivity (Wildman–Crippen MR) is 133 cm³/mol. The number of piperazine rings is 1. The number of rotatable bonds is 9. The van der Waals surface area contributed by atoms with Crippen LogP contribution >= 0.6 is 0 Å². The highest BCUT2D eigenvalue weighted by atomic mass is 32.2. The van der Waals surface area contributed by atoms with Crippen molar-refractivity contribution >= 4 is 26.0 Å². The third-order valence-electron chi connectivity index (χ3n) is 5.81. The monoisotopic (exact) mass is 524 g/mol. The average Bonchev–Trinajstić information content (AvgIpc) is 2.82. The van der Waals surface area contributed by atoms with E-state index in [0.29, 0.717) is 43.1 Å². The van der Waals surface area contributed by atoms with Crippen molar-refractivity contribution in [3.63, 3.8) is 0 Å². The van der Waals surface area contributed by atoms with Crippen LogP contribution in [0.4, 0.5) is 0 Å². The van der Waals surface area contributed by atoms with Crippen LogP contribution in [0.1, 0.15) is 15.9 Å². The van der Waals surface area contributed by atoms with E-state index in [1.807, 2.05) is 7.05 Å². The minimum Gasteiger partial charge on any atom is -0.492 e. The van der Waals surface area contributed by atoms with Gasteiger partial charge >= 0.3 is 0 Å². The summed E-state index contributed by atoms with van der Waals surface area (Å²) < 4.78 is 58.5. The van der Waals surface area contributed by atoms with Gasteiger partial charge < -0.3 is 15.0 Å². The van der Waals surface area contributed by atoms with E-state index in [-0.39, 0.29) is 22.9 Å². The molecule has 35 heavy (non-hydrogen) atoms. The summed E-state index contributed by atoms with van der Waals surface area (Å²) in [5.74, 6) is 0.0716. The van der Waals surface area contributed by atoms with Gasteiger partial charge in [-0.2, -0.15) is 4.31 Å². The number of ether oxygens (including phenoxy) is 1. The number of nitrogens with zero attached hydrogens (tertiary/aromatic N) is 3. The molecule has 1 amide bonds. The number of sulfonamides is 2. The molecule has 0 unspecified atom stereocenters. The highest BCUT2D eigenvalue weighted by Gasteiger charge is 2.28. The summed E-state index contributed by atoms with van der Waals surface area (Å²) in [5, 5.41) is 2.74. The number of aryl methyl sites for hydroxylation is 1. The van der Waals surface area contributed by atoms with Gasteiger partial charge in [0.1, 0.15) is 12.4 Å². The molecule has 1 N–H and O–H groups in total. The summed E-state index contributed by atoms with van der Waals surface area (Å²) in [5.41, 5.74) is 0.955. The Morgan fingerprint density at radius 1 is 0.971 bits per heavy atom. The van der Waals surface area contributed by atoms with Gasteiger partial charge in [-0.3, -0.25) is 4.79 Å². The van der Waals surface area contributed by atoms with Gasteiger partial charge in [0.05, 0.1) is 16.3 Å². The molecule has 1 heterocycles. The third kappa shape index (κ3) is 6.39. The molecule has 0 bridgehead atoms. The second kappa shape index (κ2) is 11.0. The quantitative estimate of drug-likeness (QED) is 0.486. The molecule has 2 aromatic carbocycles. The van der Waals surface area contributed by atoms with Crippen molar-refractivity contribution in [3.05, 3.63) is 53.6 Å². The second-order valence-electron chi connectivity index (χ2n) is 8.55. The summed E-state index contributed by atoms with van der Waals surface area (Å²) >= 11 is 0. The molecular formula is C23H32N4O6S2. The lowest BCUT2D eigenvalue weighted by atomic mass is 10.1. The lowest BCUT2D eigenvalue weighted by Gasteiger charge is -2.31. The lowest BCUT2D eigenvalue weighted by molar-refractivity contribution is 0.0946. The molecule has 0 atom stereocenters. The van der Waals surface area contributed by atoms with Crippen LogP contribution in [-0.2, 0) is 20.0 Å². The summed E-state index contributed by atoms with van der Waals surface area (Å²) in [6.45, 7) is 4.23. The molecule has 1 aliphatic heterocycles. The number of benzene rings is 2. The van der Waals surface area contributed by atoms with Crippen LogP contribution < -0.4 is 10.1 Å². The fraction of sp³-hybridized carbons (Fsp3) is 0.435. The highest BCUT2D eigenvalue weighted by Crippen LogP contribution is 2.21. The number of likely N-dealkylation sites (N-methyl/N-ethyl adjacent to an activating group) is 1. The number of nitrogens with one attached hydrogen (secondary N) is 1. The zero-order chi connectivity index (χ0) is 25.8. The molecule has 0 saturated carbocycles. The summed E-state index contributed by atoms with van der Waals surface area (Å²) in [4.78, 5) is 15.1. The molecule has 12 heteroatoms. The van der Waals surface area contributed by atoms with E-state index in [1.54, 1.807) is 25.1 Å². The summed E-state index contributed by atoms with van der Waals surface area (Å²) in [7, 11) is -2.33. The average molecular weight is 525 g/mol.